The highest BCUT2D eigenvalue weighted by Gasteiger charge is 2.30. The van der Waals surface area contributed by atoms with Crippen molar-refractivity contribution in [2.45, 2.75) is 6.18 Å². The molecule has 21 heavy (non-hydrogen) atoms. The molecule has 3 rings (SSSR count). The zero-order chi connectivity index (χ0) is 15.0. The monoisotopic (exact) mass is 288 g/mol. The summed E-state index contributed by atoms with van der Waals surface area (Å²) in [4.78, 5) is 0. The maximum atomic E-state index is 12.8. The Labute approximate surface area is 119 Å². The van der Waals surface area contributed by atoms with Crippen LogP contribution in [0.25, 0.3) is 21.9 Å². The highest BCUT2D eigenvalue weighted by atomic mass is 19.4. The molecule has 1 N–H and O–H groups in total. The van der Waals surface area contributed by atoms with Gasteiger partial charge < -0.3 is 5.11 Å². The fourth-order valence-corrected chi connectivity index (χ4v) is 2.40. The molecule has 0 aliphatic rings. The largest absolute Gasteiger partial charge is 0.507 e. The van der Waals surface area contributed by atoms with Crippen molar-refractivity contribution in [3.05, 3.63) is 66.2 Å². The van der Waals surface area contributed by atoms with Crippen molar-refractivity contribution in [3.8, 4) is 16.9 Å². The van der Waals surface area contributed by atoms with Crippen LogP contribution in [-0.4, -0.2) is 5.11 Å². The summed E-state index contributed by atoms with van der Waals surface area (Å²) >= 11 is 0. The van der Waals surface area contributed by atoms with E-state index in [1.807, 2.05) is 0 Å². The van der Waals surface area contributed by atoms with Gasteiger partial charge >= 0.3 is 6.18 Å². The molecular formula is C17H11F3O. The molecule has 3 aromatic carbocycles. The second kappa shape index (κ2) is 4.81. The molecule has 0 spiro atoms. The van der Waals surface area contributed by atoms with Gasteiger partial charge in [-0.25, -0.2) is 0 Å². The van der Waals surface area contributed by atoms with Crippen molar-refractivity contribution in [1.29, 1.82) is 0 Å². The van der Waals surface area contributed by atoms with Crippen LogP contribution < -0.4 is 0 Å². The van der Waals surface area contributed by atoms with E-state index in [1.54, 1.807) is 36.4 Å². The third kappa shape index (κ3) is 2.44. The number of fused-ring (bicyclic) bond motifs is 1. The summed E-state index contributed by atoms with van der Waals surface area (Å²) in [5.74, 6) is 0.112. The summed E-state index contributed by atoms with van der Waals surface area (Å²) in [7, 11) is 0. The van der Waals surface area contributed by atoms with Crippen LogP contribution in [0, 0.1) is 0 Å². The molecule has 0 aliphatic carbocycles. The van der Waals surface area contributed by atoms with Crippen LogP contribution >= 0.6 is 0 Å². The van der Waals surface area contributed by atoms with Crippen LogP contribution in [0.15, 0.2) is 60.7 Å². The van der Waals surface area contributed by atoms with Gasteiger partial charge in [-0.05, 0) is 34.7 Å². The average molecular weight is 288 g/mol. The zero-order valence-corrected chi connectivity index (χ0v) is 10.9. The minimum atomic E-state index is -4.37. The zero-order valence-electron chi connectivity index (χ0n) is 10.9. The molecule has 0 amide bonds. The van der Waals surface area contributed by atoms with E-state index in [-0.39, 0.29) is 5.75 Å². The van der Waals surface area contributed by atoms with E-state index in [1.165, 1.54) is 12.1 Å². The molecule has 0 saturated heterocycles. The topological polar surface area (TPSA) is 20.2 Å². The highest BCUT2D eigenvalue weighted by Crippen LogP contribution is 2.36. The highest BCUT2D eigenvalue weighted by molar-refractivity contribution is 5.99. The Morgan fingerprint density at radius 2 is 1.48 bits per heavy atom. The molecular weight excluding hydrogens is 277 g/mol. The van der Waals surface area contributed by atoms with Crippen LogP contribution in [0.1, 0.15) is 5.56 Å². The number of benzene rings is 3. The fraction of sp³-hybridized carbons (Fsp3) is 0.0588. The Morgan fingerprint density at radius 1 is 0.762 bits per heavy atom. The van der Waals surface area contributed by atoms with Crippen molar-refractivity contribution in [1.82, 2.24) is 0 Å². The van der Waals surface area contributed by atoms with Crippen LogP contribution in [0.5, 0.6) is 5.75 Å². The van der Waals surface area contributed by atoms with Crippen molar-refractivity contribution < 1.29 is 18.3 Å². The average Bonchev–Trinajstić information content (AvgIpc) is 2.47. The van der Waals surface area contributed by atoms with Crippen molar-refractivity contribution in [2.75, 3.05) is 0 Å². The lowest BCUT2D eigenvalue weighted by Gasteiger charge is -2.11. The van der Waals surface area contributed by atoms with E-state index < -0.39 is 11.7 Å². The van der Waals surface area contributed by atoms with Crippen LogP contribution in [-0.2, 0) is 6.18 Å². The molecule has 0 bridgehead atoms. The lowest BCUT2D eigenvalue weighted by atomic mass is 9.96. The van der Waals surface area contributed by atoms with Gasteiger partial charge in [-0.15, -0.1) is 0 Å². The summed E-state index contributed by atoms with van der Waals surface area (Å²) in [6.07, 6.45) is -4.37. The second-order valence-corrected chi connectivity index (χ2v) is 4.76. The normalized spacial score (nSPS) is 11.8. The van der Waals surface area contributed by atoms with Gasteiger partial charge in [-0.2, -0.15) is 13.2 Å². The second-order valence-electron chi connectivity index (χ2n) is 4.76. The quantitative estimate of drug-likeness (QED) is 0.650. The molecule has 0 fully saturated rings. The first kappa shape index (κ1) is 13.5. The Balaban J connectivity index is 2.24. The maximum Gasteiger partial charge on any atom is 0.416 e. The fourth-order valence-electron chi connectivity index (χ4n) is 2.40. The molecule has 0 heterocycles. The molecule has 0 saturated carbocycles. The van der Waals surface area contributed by atoms with Gasteiger partial charge in [-0.3, -0.25) is 0 Å². The van der Waals surface area contributed by atoms with Crippen molar-refractivity contribution >= 4 is 10.8 Å². The predicted octanol–water partition coefficient (Wildman–Crippen LogP) is 5.23. The lowest BCUT2D eigenvalue weighted by Crippen LogP contribution is -2.04. The summed E-state index contributed by atoms with van der Waals surface area (Å²) in [6.45, 7) is 0. The third-order valence-corrected chi connectivity index (χ3v) is 3.40. The Bertz CT molecular complexity index is 806. The van der Waals surface area contributed by atoms with Crippen LogP contribution in [0.2, 0.25) is 0 Å². The number of rotatable bonds is 1. The minimum Gasteiger partial charge on any atom is -0.507 e. The number of aromatic hydroxyl groups is 1. The Hall–Kier alpha value is -2.49. The lowest BCUT2D eigenvalue weighted by molar-refractivity contribution is -0.137. The van der Waals surface area contributed by atoms with Gasteiger partial charge in [0.25, 0.3) is 0 Å². The molecule has 3 aromatic rings. The molecule has 0 radical (unpaired) electrons. The first-order chi connectivity index (χ1) is 9.97. The predicted molar refractivity (Wildman–Crippen MR) is 76.1 cm³/mol. The molecule has 0 unspecified atom stereocenters. The van der Waals surface area contributed by atoms with E-state index in [4.69, 9.17) is 0 Å². The van der Waals surface area contributed by atoms with E-state index in [9.17, 15) is 18.3 Å². The first-order valence-electron chi connectivity index (χ1n) is 6.35. The standard InChI is InChI=1S/C17H11F3O/c18-17(19,20)12-5-3-4-11(10-12)13-8-9-16(21)15-7-2-1-6-14(13)15/h1-10,21H. The van der Waals surface area contributed by atoms with Gasteiger partial charge in [0, 0.05) is 5.39 Å². The third-order valence-electron chi connectivity index (χ3n) is 3.40. The number of phenols is 1. The van der Waals surface area contributed by atoms with E-state index in [0.717, 1.165) is 17.5 Å². The first-order valence-corrected chi connectivity index (χ1v) is 6.35. The molecule has 106 valence electrons. The molecule has 1 nitrogen and oxygen atoms in total. The van der Waals surface area contributed by atoms with E-state index >= 15 is 0 Å². The minimum absolute atomic E-state index is 0.112. The van der Waals surface area contributed by atoms with Crippen molar-refractivity contribution in [3.63, 3.8) is 0 Å². The van der Waals surface area contributed by atoms with Gasteiger partial charge in [-0.1, -0.05) is 42.5 Å². The SMILES string of the molecule is Oc1ccc(-c2cccc(C(F)(F)F)c2)c2ccccc12. The van der Waals surface area contributed by atoms with Gasteiger partial charge in [0.1, 0.15) is 5.75 Å². The van der Waals surface area contributed by atoms with Gasteiger partial charge in [0.15, 0.2) is 0 Å². The number of hydrogen-bond donors (Lipinski definition) is 1. The van der Waals surface area contributed by atoms with Gasteiger partial charge in [0.05, 0.1) is 5.56 Å². The Morgan fingerprint density at radius 3 is 2.19 bits per heavy atom. The Kier molecular flexibility index (Phi) is 3.09. The number of halogens is 3. The molecule has 0 aliphatic heterocycles. The summed E-state index contributed by atoms with van der Waals surface area (Å²) < 4.78 is 38.5. The van der Waals surface area contributed by atoms with E-state index in [2.05, 4.69) is 0 Å². The maximum absolute atomic E-state index is 12.8. The number of alkyl halides is 3. The van der Waals surface area contributed by atoms with E-state index in [0.29, 0.717) is 16.5 Å². The smallest absolute Gasteiger partial charge is 0.416 e. The van der Waals surface area contributed by atoms with Crippen LogP contribution in [0.3, 0.4) is 0 Å². The molecule has 0 atom stereocenters. The number of hydrogen-bond acceptors (Lipinski definition) is 1. The number of phenolic OH excluding ortho intramolecular Hbond substituents is 1. The van der Waals surface area contributed by atoms with Crippen molar-refractivity contribution in [2.24, 2.45) is 0 Å². The summed E-state index contributed by atoms with van der Waals surface area (Å²) in [6, 6.07) is 15.4. The van der Waals surface area contributed by atoms with Gasteiger partial charge in [0.2, 0.25) is 0 Å². The summed E-state index contributed by atoms with van der Waals surface area (Å²) in [5.41, 5.74) is 0.452. The molecule has 0 aromatic heterocycles. The summed E-state index contributed by atoms with van der Waals surface area (Å²) in [5, 5.41) is 11.2. The molecule has 4 heteroatoms. The van der Waals surface area contributed by atoms with Crippen LogP contribution in [0.4, 0.5) is 13.2 Å².